The van der Waals surface area contributed by atoms with Crippen molar-refractivity contribution in [2.75, 3.05) is 13.2 Å². The lowest BCUT2D eigenvalue weighted by atomic mass is 9.56. The van der Waals surface area contributed by atoms with Crippen LogP contribution >= 0.6 is 0 Å². The molecule has 1 heterocycles. The van der Waals surface area contributed by atoms with Gasteiger partial charge in [-0.15, -0.1) is 0 Å². The molecule has 1 saturated heterocycles. The molecule has 6 heteroatoms. The molecule has 2 bridgehead atoms. The first-order valence-electron chi connectivity index (χ1n) is 8.24. The molecule has 5 unspecified atom stereocenters. The largest absolute Gasteiger partial charge is 0.396 e. The SMILES string of the molecule is CC1=CC(C)C2(CO)COC(c3ccc(S(N)(=O)=O)cc3)C1C2C. The maximum absolute atomic E-state index is 11.4. The van der Waals surface area contributed by atoms with E-state index < -0.39 is 10.0 Å². The van der Waals surface area contributed by atoms with E-state index in [2.05, 4.69) is 26.8 Å². The normalized spacial score (nSPS) is 36.3. The monoisotopic (exact) mass is 351 g/mol. The van der Waals surface area contributed by atoms with Crippen LogP contribution in [-0.2, 0) is 14.8 Å². The summed E-state index contributed by atoms with van der Waals surface area (Å²) in [5.74, 6) is 0.709. The van der Waals surface area contributed by atoms with E-state index in [9.17, 15) is 13.5 Å². The zero-order valence-electron chi connectivity index (χ0n) is 14.3. The maximum Gasteiger partial charge on any atom is 0.238 e. The summed E-state index contributed by atoms with van der Waals surface area (Å²) < 4.78 is 29.0. The fourth-order valence-electron chi connectivity index (χ4n) is 4.43. The van der Waals surface area contributed by atoms with Crippen molar-refractivity contribution in [3.05, 3.63) is 41.5 Å². The number of aliphatic hydroxyl groups excluding tert-OH is 1. The minimum absolute atomic E-state index is 0.101. The Morgan fingerprint density at radius 3 is 2.46 bits per heavy atom. The molecular formula is C18H25NO4S. The van der Waals surface area contributed by atoms with Crippen LogP contribution in [0.3, 0.4) is 0 Å². The lowest BCUT2D eigenvalue weighted by molar-refractivity contribution is -0.165. The predicted molar refractivity (Wildman–Crippen MR) is 91.6 cm³/mol. The van der Waals surface area contributed by atoms with Crippen LogP contribution in [0, 0.1) is 23.2 Å². The summed E-state index contributed by atoms with van der Waals surface area (Å²) in [5.41, 5.74) is 1.95. The summed E-state index contributed by atoms with van der Waals surface area (Å²) in [7, 11) is -3.69. The number of ether oxygens (including phenoxy) is 1. The highest BCUT2D eigenvalue weighted by Crippen LogP contribution is 2.55. The van der Waals surface area contributed by atoms with E-state index in [0.29, 0.717) is 6.61 Å². The molecule has 1 aliphatic heterocycles. The zero-order chi connectivity index (χ0) is 17.7. The van der Waals surface area contributed by atoms with Gasteiger partial charge in [-0.25, -0.2) is 13.6 Å². The van der Waals surface area contributed by atoms with E-state index in [1.807, 2.05) is 0 Å². The van der Waals surface area contributed by atoms with Gasteiger partial charge in [0.15, 0.2) is 0 Å². The molecule has 5 nitrogen and oxygen atoms in total. The van der Waals surface area contributed by atoms with Crippen molar-refractivity contribution in [3.8, 4) is 0 Å². The number of benzene rings is 1. The van der Waals surface area contributed by atoms with Gasteiger partial charge in [-0.2, -0.15) is 0 Å². The molecule has 2 aliphatic rings. The van der Waals surface area contributed by atoms with E-state index in [1.54, 1.807) is 12.1 Å². The highest BCUT2D eigenvalue weighted by atomic mass is 32.2. The Morgan fingerprint density at radius 2 is 1.92 bits per heavy atom. The molecule has 0 amide bonds. The molecule has 3 rings (SSSR count). The lowest BCUT2D eigenvalue weighted by Gasteiger charge is -2.55. The highest BCUT2D eigenvalue weighted by molar-refractivity contribution is 7.89. The van der Waals surface area contributed by atoms with Crippen molar-refractivity contribution in [1.82, 2.24) is 0 Å². The van der Waals surface area contributed by atoms with Gasteiger partial charge in [0.1, 0.15) is 0 Å². The third kappa shape index (κ3) is 2.62. The van der Waals surface area contributed by atoms with Crippen LogP contribution in [0.1, 0.15) is 32.4 Å². The van der Waals surface area contributed by atoms with Crippen LogP contribution in [0.2, 0.25) is 0 Å². The second-order valence-electron chi connectivity index (χ2n) is 7.25. The Bertz CT molecular complexity index is 756. The molecule has 0 aromatic heterocycles. The fraction of sp³-hybridized carbons (Fsp3) is 0.556. The summed E-state index contributed by atoms with van der Waals surface area (Å²) in [6.45, 7) is 7.03. The van der Waals surface area contributed by atoms with E-state index in [1.165, 1.54) is 17.7 Å². The van der Waals surface area contributed by atoms with Gasteiger partial charge in [0.2, 0.25) is 10.0 Å². The number of sulfonamides is 1. The molecule has 1 aliphatic carbocycles. The quantitative estimate of drug-likeness (QED) is 0.817. The van der Waals surface area contributed by atoms with E-state index in [4.69, 9.17) is 9.88 Å². The van der Waals surface area contributed by atoms with Gasteiger partial charge in [-0.1, -0.05) is 37.6 Å². The van der Waals surface area contributed by atoms with Gasteiger partial charge in [0.05, 0.1) is 24.2 Å². The van der Waals surface area contributed by atoms with Crippen LogP contribution in [0.15, 0.2) is 40.8 Å². The summed E-state index contributed by atoms with van der Waals surface area (Å²) in [6, 6.07) is 6.59. The topological polar surface area (TPSA) is 89.6 Å². The summed E-state index contributed by atoms with van der Waals surface area (Å²) >= 11 is 0. The summed E-state index contributed by atoms with van der Waals surface area (Å²) in [6.07, 6.45) is 2.10. The first kappa shape index (κ1) is 17.6. The molecule has 1 aromatic carbocycles. The van der Waals surface area contributed by atoms with E-state index in [0.717, 1.165) is 5.56 Å². The number of rotatable bonds is 3. The van der Waals surface area contributed by atoms with E-state index in [-0.39, 0.29) is 40.8 Å². The molecule has 132 valence electrons. The number of primary sulfonamides is 1. The van der Waals surface area contributed by atoms with Crippen molar-refractivity contribution in [1.29, 1.82) is 0 Å². The van der Waals surface area contributed by atoms with Gasteiger partial charge in [0.25, 0.3) is 0 Å². The Hall–Kier alpha value is -1.21. The predicted octanol–water partition coefficient (Wildman–Crippen LogP) is 2.23. The minimum atomic E-state index is -3.69. The van der Waals surface area contributed by atoms with Gasteiger partial charge < -0.3 is 9.84 Å². The van der Waals surface area contributed by atoms with Crippen LogP contribution in [0.25, 0.3) is 0 Å². The minimum Gasteiger partial charge on any atom is -0.396 e. The smallest absolute Gasteiger partial charge is 0.238 e. The summed E-state index contributed by atoms with van der Waals surface area (Å²) in [5, 5.41) is 15.2. The second-order valence-corrected chi connectivity index (χ2v) is 8.81. The van der Waals surface area contributed by atoms with Gasteiger partial charge in [-0.3, -0.25) is 0 Å². The molecule has 1 fully saturated rings. The molecule has 5 atom stereocenters. The van der Waals surface area contributed by atoms with Crippen molar-refractivity contribution in [2.24, 2.45) is 28.3 Å². The Balaban J connectivity index is 1.98. The number of aliphatic hydroxyl groups is 1. The molecule has 0 radical (unpaired) electrons. The molecule has 0 saturated carbocycles. The van der Waals surface area contributed by atoms with Gasteiger partial charge >= 0.3 is 0 Å². The average Bonchev–Trinajstić information content (AvgIpc) is 2.52. The van der Waals surface area contributed by atoms with Gasteiger partial charge in [-0.05, 0) is 36.5 Å². The standard InChI is InChI=1S/C18H25NO4S/c1-11-8-12(2)18(9-20)10-23-17(16(11)13(18)3)14-4-6-15(7-5-14)24(19,21)22/h4-8,12-13,16-17,20H,9-10H2,1-3H3,(H2,19,21,22). The van der Waals surface area contributed by atoms with Crippen molar-refractivity contribution in [2.45, 2.75) is 31.8 Å². The Morgan fingerprint density at radius 1 is 1.29 bits per heavy atom. The molecular weight excluding hydrogens is 326 g/mol. The Kier molecular flexibility index (Phi) is 4.36. The number of hydrogen-bond donors (Lipinski definition) is 2. The third-order valence-electron chi connectivity index (χ3n) is 6.08. The number of nitrogens with two attached hydrogens (primary N) is 1. The number of hydrogen-bond acceptors (Lipinski definition) is 4. The number of allylic oxidation sites excluding steroid dienone is 1. The molecule has 24 heavy (non-hydrogen) atoms. The zero-order valence-corrected chi connectivity index (χ0v) is 15.1. The van der Waals surface area contributed by atoms with Crippen LogP contribution in [-0.4, -0.2) is 26.7 Å². The van der Waals surface area contributed by atoms with Gasteiger partial charge in [0, 0.05) is 11.3 Å². The molecule has 3 N–H and O–H groups in total. The lowest BCUT2D eigenvalue weighted by Crippen LogP contribution is -2.53. The first-order valence-corrected chi connectivity index (χ1v) is 9.79. The second kappa shape index (κ2) is 5.95. The third-order valence-corrected chi connectivity index (χ3v) is 7.01. The Labute approximate surface area is 143 Å². The van der Waals surface area contributed by atoms with Crippen molar-refractivity contribution < 1.29 is 18.3 Å². The van der Waals surface area contributed by atoms with Crippen LogP contribution in [0.5, 0.6) is 0 Å². The van der Waals surface area contributed by atoms with E-state index >= 15 is 0 Å². The molecule has 0 spiro atoms. The number of fused-ring (bicyclic) bond motifs is 2. The fourth-order valence-corrected chi connectivity index (χ4v) is 4.95. The highest BCUT2D eigenvalue weighted by Gasteiger charge is 2.53. The maximum atomic E-state index is 11.4. The molecule has 1 aromatic rings. The summed E-state index contributed by atoms with van der Waals surface area (Å²) in [4.78, 5) is 0.101. The van der Waals surface area contributed by atoms with Crippen LogP contribution in [0.4, 0.5) is 0 Å². The first-order chi connectivity index (χ1) is 11.2. The van der Waals surface area contributed by atoms with Crippen LogP contribution < -0.4 is 5.14 Å². The van der Waals surface area contributed by atoms with Crippen molar-refractivity contribution in [3.63, 3.8) is 0 Å². The average molecular weight is 351 g/mol. The van der Waals surface area contributed by atoms with Crippen molar-refractivity contribution >= 4 is 10.0 Å².